The van der Waals surface area contributed by atoms with Crippen LogP contribution in [0, 0.1) is 6.92 Å². The van der Waals surface area contributed by atoms with Crippen molar-refractivity contribution in [2.24, 2.45) is 12.8 Å². The van der Waals surface area contributed by atoms with Crippen LogP contribution < -0.4 is 5.73 Å². The van der Waals surface area contributed by atoms with Crippen LogP contribution in [0.5, 0.6) is 0 Å². The van der Waals surface area contributed by atoms with Gasteiger partial charge in [-0.25, -0.2) is 4.98 Å². The van der Waals surface area contributed by atoms with Crippen LogP contribution >= 0.6 is 11.3 Å². The Morgan fingerprint density at radius 2 is 2.36 bits per heavy atom. The fourth-order valence-electron chi connectivity index (χ4n) is 1.26. The van der Waals surface area contributed by atoms with E-state index in [-0.39, 0.29) is 6.04 Å². The molecule has 1 atom stereocenters. The Morgan fingerprint density at radius 1 is 1.57 bits per heavy atom. The molecule has 0 aliphatic heterocycles. The maximum Gasteiger partial charge on any atom is 0.114 e. The van der Waals surface area contributed by atoms with Gasteiger partial charge >= 0.3 is 0 Å². The lowest BCUT2D eigenvalue weighted by molar-refractivity contribution is 0.764. The smallest absolute Gasteiger partial charge is 0.114 e. The molecule has 5 heteroatoms. The molecular formula is C9H12N4S. The molecule has 2 aromatic heterocycles. The minimum Gasteiger partial charge on any atom is -0.318 e. The number of hydrogen-bond acceptors (Lipinski definition) is 4. The fourth-order valence-corrected chi connectivity index (χ4v) is 2.08. The second-order valence-electron chi connectivity index (χ2n) is 3.25. The molecule has 2 aromatic rings. The van der Waals surface area contributed by atoms with Crippen molar-refractivity contribution in [1.82, 2.24) is 14.8 Å². The van der Waals surface area contributed by atoms with Gasteiger partial charge in [-0.3, -0.25) is 4.68 Å². The van der Waals surface area contributed by atoms with Crippen LogP contribution in [0.25, 0.3) is 0 Å². The van der Waals surface area contributed by atoms with Crippen LogP contribution in [0.3, 0.4) is 0 Å². The topological polar surface area (TPSA) is 56.7 Å². The van der Waals surface area contributed by atoms with Crippen molar-refractivity contribution in [1.29, 1.82) is 0 Å². The molecular weight excluding hydrogens is 196 g/mol. The lowest BCUT2D eigenvalue weighted by atomic mass is 10.2. The second kappa shape index (κ2) is 3.51. The minimum atomic E-state index is -0.151. The number of nitrogens with two attached hydrogens (primary N) is 1. The van der Waals surface area contributed by atoms with Crippen LogP contribution in [0.2, 0.25) is 0 Å². The van der Waals surface area contributed by atoms with E-state index in [1.807, 2.05) is 25.5 Å². The largest absolute Gasteiger partial charge is 0.318 e. The van der Waals surface area contributed by atoms with Crippen LogP contribution in [0.4, 0.5) is 0 Å². The third kappa shape index (κ3) is 1.69. The number of aryl methyl sites for hydroxylation is 2. The van der Waals surface area contributed by atoms with E-state index < -0.39 is 0 Å². The highest BCUT2D eigenvalue weighted by Crippen LogP contribution is 2.21. The molecule has 0 aromatic carbocycles. The molecule has 0 radical (unpaired) electrons. The van der Waals surface area contributed by atoms with Gasteiger partial charge in [0.2, 0.25) is 0 Å². The summed E-state index contributed by atoms with van der Waals surface area (Å²) in [7, 11) is 1.88. The van der Waals surface area contributed by atoms with Crippen molar-refractivity contribution in [2.75, 3.05) is 0 Å². The molecule has 14 heavy (non-hydrogen) atoms. The van der Waals surface area contributed by atoms with E-state index in [1.54, 1.807) is 22.2 Å². The van der Waals surface area contributed by atoms with Crippen molar-refractivity contribution in [3.05, 3.63) is 34.0 Å². The Labute approximate surface area is 86.4 Å². The molecule has 0 aliphatic carbocycles. The monoisotopic (exact) mass is 208 g/mol. The van der Waals surface area contributed by atoms with E-state index in [0.29, 0.717) is 0 Å². The highest BCUT2D eigenvalue weighted by atomic mass is 32.1. The first-order valence-corrected chi connectivity index (χ1v) is 5.21. The van der Waals surface area contributed by atoms with Gasteiger partial charge in [-0.2, -0.15) is 5.10 Å². The van der Waals surface area contributed by atoms with Gasteiger partial charge in [0.1, 0.15) is 5.01 Å². The van der Waals surface area contributed by atoms with Crippen molar-refractivity contribution in [2.45, 2.75) is 13.0 Å². The molecule has 0 fully saturated rings. The molecule has 1 unspecified atom stereocenters. The molecule has 2 N–H and O–H groups in total. The third-order valence-electron chi connectivity index (χ3n) is 1.99. The first kappa shape index (κ1) is 9.36. The molecule has 0 bridgehead atoms. The maximum atomic E-state index is 6.04. The molecule has 4 nitrogen and oxygen atoms in total. The highest BCUT2D eigenvalue weighted by molar-refractivity contribution is 7.09. The predicted octanol–water partition coefficient (Wildman–Crippen LogP) is 1.23. The van der Waals surface area contributed by atoms with Gasteiger partial charge in [-0.15, -0.1) is 11.3 Å². The average Bonchev–Trinajstić information content (AvgIpc) is 2.73. The maximum absolute atomic E-state index is 6.04. The Balaban J connectivity index is 2.28. The summed E-state index contributed by atoms with van der Waals surface area (Å²) in [5.74, 6) is 0. The Hall–Kier alpha value is -1.20. The van der Waals surface area contributed by atoms with Crippen LogP contribution in [0.1, 0.15) is 22.3 Å². The van der Waals surface area contributed by atoms with Gasteiger partial charge in [-0.1, -0.05) is 0 Å². The second-order valence-corrected chi connectivity index (χ2v) is 4.14. The summed E-state index contributed by atoms with van der Waals surface area (Å²) < 4.78 is 1.75. The zero-order valence-electron chi connectivity index (χ0n) is 8.14. The number of hydrogen-bond donors (Lipinski definition) is 1. The fraction of sp³-hybridized carbons (Fsp3) is 0.333. The normalized spacial score (nSPS) is 13.1. The molecule has 0 saturated heterocycles. The summed E-state index contributed by atoms with van der Waals surface area (Å²) in [6.07, 6.45) is 3.70. The van der Waals surface area contributed by atoms with E-state index in [1.165, 1.54) is 0 Å². The number of nitrogens with zero attached hydrogens (tertiary/aromatic N) is 3. The first-order chi connectivity index (χ1) is 6.66. The van der Waals surface area contributed by atoms with E-state index in [0.717, 1.165) is 16.3 Å². The van der Waals surface area contributed by atoms with Crippen LogP contribution in [0.15, 0.2) is 17.8 Å². The van der Waals surface area contributed by atoms with Crippen LogP contribution in [-0.2, 0) is 7.05 Å². The SMILES string of the molecule is Cc1csc(C(N)c2cnn(C)c2)n1. The number of aromatic nitrogens is 3. The van der Waals surface area contributed by atoms with E-state index in [4.69, 9.17) is 5.73 Å². The molecule has 0 aliphatic rings. The quantitative estimate of drug-likeness (QED) is 0.807. The minimum absolute atomic E-state index is 0.151. The zero-order chi connectivity index (χ0) is 10.1. The van der Waals surface area contributed by atoms with Crippen molar-refractivity contribution in [3.8, 4) is 0 Å². The first-order valence-electron chi connectivity index (χ1n) is 4.33. The van der Waals surface area contributed by atoms with Gasteiger partial charge < -0.3 is 5.73 Å². The summed E-state index contributed by atoms with van der Waals surface area (Å²) in [5.41, 5.74) is 8.06. The number of rotatable bonds is 2. The summed E-state index contributed by atoms with van der Waals surface area (Å²) in [5, 5.41) is 7.03. The van der Waals surface area contributed by atoms with Gasteiger partial charge in [0, 0.05) is 29.9 Å². The van der Waals surface area contributed by atoms with Crippen molar-refractivity contribution >= 4 is 11.3 Å². The van der Waals surface area contributed by atoms with E-state index >= 15 is 0 Å². The Morgan fingerprint density at radius 3 is 2.86 bits per heavy atom. The molecule has 2 heterocycles. The average molecular weight is 208 g/mol. The standard InChI is InChI=1S/C9H12N4S/c1-6-5-14-9(12-6)8(10)7-3-11-13(2)4-7/h3-5,8H,10H2,1-2H3. The Bertz CT molecular complexity index is 391. The summed E-state index contributed by atoms with van der Waals surface area (Å²) in [4.78, 5) is 4.35. The van der Waals surface area contributed by atoms with Gasteiger partial charge in [0.15, 0.2) is 0 Å². The molecule has 74 valence electrons. The molecule has 0 amide bonds. The van der Waals surface area contributed by atoms with Crippen molar-refractivity contribution < 1.29 is 0 Å². The van der Waals surface area contributed by atoms with Crippen molar-refractivity contribution in [3.63, 3.8) is 0 Å². The van der Waals surface area contributed by atoms with Gasteiger partial charge in [0.05, 0.1) is 12.2 Å². The van der Waals surface area contributed by atoms with E-state index in [9.17, 15) is 0 Å². The lowest BCUT2D eigenvalue weighted by Crippen LogP contribution is -2.10. The summed E-state index contributed by atoms with van der Waals surface area (Å²) >= 11 is 1.59. The highest BCUT2D eigenvalue weighted by Gasteiger charge is 2.13. The Kier molecular flexibility index (Phi) is 2.35. The molecule has 0 saturated carbocycles. The predicted molar refractivity (Wildman–Crippen MR) is 56.1 cm³/mol. The van der Waals surface area contributed by atoms with Gasteiger partial charge in [0.25, 0.3) is 0 Å². The van der Waals surface area contributed by atoms with Gasteiger partial charge in [-0.05, 0) is 6.92 Å². The molecule has 0 spiro atoms. The zero-order valence-corrected chi connectivity index (χ0v) is 8.95. The van der Waals surface area contributed by atoms with E-state index in [2.05, 4.69) is 10.1 Å². The number of thiazole rings is 1. The lowest BCUT2D eigenvalue weighted by Gasteiger charge is -2.03. The van der Waals surface area contributed by atoms with Crippen LogP contribution in [-0.4, -0.2) is 14.8 Å². The summed E-state index contributed by atoms with van der Waals surface area (Å²) in [6, 6.07) is -0.151. The summed E-state index contributed by atoms with van der Waals surface area (Å²) in [6.45, 7) is 1.97. The molecule has 2 rings (SSSR count). The third-order valence-corrected chi connectivity index (χ3v) is 3.03.